The fraction of sp³-hybridized carbons (Fsp3) is 0.136. The van der Waals surface area contributed by atoms with Gasteiger partial charge in [0.25, 0.3) is 0 Å². The number of aromatic carboxylic acids is 1. The number of hydrogen-bond donors (Lipinski definition) is 2. The van der Waals surface area contributed by atoms with E-state index in [-0.39, 0.29) is 5.56 Å². The zero-order chi connectivity index (χ0) is 20.8. The van der Waals surface area contributed by atoms with Gasteiger partial charge in [-0.3, -0.25) is 0 Å². The van der Waals surface area contributed by atoms with Crippen LogP contribution < -0.4 is 14.8 Å². The Morgan fingerprint density at radius 1 is 1.10 bits per heavy atom. The highest BCUT2D eigenvalue weighted by Gasteiger charge is 2.11. The van der Waals surface area contributed by atoms with E-state index in [1.807, 2.05) is 42.5 Å². The number of methoxy groups -OCH3 is 1. The van der Waals surface area contributed by atoms with Crippen molar-refractivity contribution in [3.05, 3.63) is 86.8 Å². The molecule has 0 amide bonds. The third-order valence-corrected chi connectivity index (χ3v) is 4.95. The lowest BCUT2D eigenvalue weighted by molar-refractivity contribution is 0.0697. The highest BCUT2D eigenvalue weighted by molar-refractivity contribution is 9.10. The second kappa shape index (κ2) is 9.67. The molecule has 0 aliphatic rings. The molecule has 2 N–H and O–H groups in total. The fourth-order valence-corrected chi connectivity index (χ4v) is 3.41. The first-order valence-corrected chi connectivity index (χ1v) is 9.94. The van der Waals surface area contributed by atoms with Gasteiger partial charge in [-0.25, -0.2) is 4.79 Å². The molecule has 0 bridgehead atoms. The highest BCUT2D eigenvalue weighted by Crippen LogP contribution is 2.29. The van der Waals surface area contributed by atoms with Crippen LogP contribution in [0.4, 0.5) is 5.69 Å². The Labute approximate surface area is 182 Å². The monoisotopic (exact) mass is 475 g/mol. The van der Waals surface area contributed by atoms with Crippen LogP contribution in [0.2, 0.25) is 5.02 Å². The summed E-state index contributed by atoms with van der Waals surface area (Å²) >= 11 is 9.52. The van der Waals surface area contributed by atoms with Crippen LogP contribution in [0.5, 0.6) is 11.5 Å². The van der Waals surface area contributed by atoms with Gasteiger partial charge in [0.05, 0.1) is 18.4 Å². The zero-order valence-corrected chi connectivity index (χ0v) is 18.0. The molecular formula is C22H19BrClNO4. The minimum absolute atomic E-state index is 0.181. The normalized spacial score (nSPS) is 10.4. The van der Waals surface area contributed by atoms with Gasteiger partial charge >= 0.3 is 5.97 Å². The van der Waals surface area contributed by atoms with Crippen molar-refractivity contribution < 1.29 is 19.4 Å². The van der Waals surface area contributed by atoms with Crippen molar-refractivity contribution in [1.82, 2.24) is 0 Å². The minimum Gasteiger partial charge on any atom is -0.495 e. The summed E-state index contributed by atoms with van der Waals surface area (Å²) in [4.78, 5) is 11.3. The van der Waals surface area contributed by atoms with Crippen molar-refractivity contribution in [3.8, 4) is 11.5 Å². The van der Waals surface area contributed by atoms with Gasteiger partial charge in [-0.1, -0.05) is 39.7 Å². The van der Waals surface area contributed by atoms with Crippen LogP contribution >= 0.6 is 27.5 Å². The van der Waals surface area contributed by atoms with Crippen molar-refractivity contribution in [3.63, 3.8) is 0 Å². The Morgan fingerprint density at radius 3 is 2.62 bits per heavy atom. The Kier molecular flexibility index (Phi) is 7.01. The maximum atomic E-state index is 11.3. The number of nitrogens with one attached hydrogen (secondary N) is 1. The first-order valence-electron chi connectivity index (χ1n) is 8.77. The molecule has 0 heterocycles. The molecule has 0 aromatic heterocycles. The topological polar surface area (TPSA) is 67.8 Å². The molecule has 0 unspecified atom stereocenters. The van der Waals surface area contributed by atoms with Crippen LogP contribution in [-0.4, -0.2) is 18.2 Å². The molecule has 5 nitrogen and oxygen atoms in total. The number of carboxylic acids is 1. The maximum absolute atomic E-state index is 11.3. The summed E-state index contributed by atoms with van der Waals surface area (Å²) in [6, 6.07) is 17.9. The predicted octanol–water partition coefficient (Wildman–Crippen LogP) is 6.00. The Hall–Kier alpha value is -2.70. The lowest BCUT2D eigenvalue weighted by Crippen LogP contribution is -2.06. The molecule has 0 radical (unpaired) electrons. The van der Waals surface area contributed by atoms with E-state index in [9.17, 15) is 9.90 Å². The Bertz CT molecular complexity index is 1030. The quantitative estimate of drug-likeness (QED) is 0.417. The number of benzene rings is 3. The SMILES string of the molecule is COc1ccc(C(=O)O)cc1NCc1cc(Br)ccc1OCc1cccc(Cl)c1. The fourth-order valence-electron chi connectivity index (χ4n) is 2.78. The lowest BCUT2D eigenvalue weighted by atomic mass is 10.1. The molecule has 3 rings (SSSR count). The summed E-state index contributed by atoms with van der Waals surface area (Å²) in [7, 11) is 1.54. The van der Waals surface area contributed by atoms with Crippen molar-refractivity contribution in [2.45, 2.75) is 13.2 Å². The van der Waals surface area contributed by atoms with Crippen molar-refractivity contribution >= 4 is 39.2 Å². The smallest absolute Gasteiger partial charge is 0.335 e. The van der Waals surface area contributed by atoms with E-state index >= 15 is 0 Å². The molecule has 3 aromatic rings. The van der Waals surface area contributed by atoms with Gasteiger partial charge in [-0.2, -0.15) is 0 Å². The number of hydrogen-bond acceptors (Lipinski definition) is 4. The van der Waals surface area contributed by atoms with E-state index < -0.39 is 5.97 Å². The van der Waals surface area contributed by atoms with Gasteiger partial charge in [0.1, 0.15) is 18.1 Å². The summed E-state index contributed by atoms with van der Waals surface area (Å²) in [5.41, 5.74) is 2.65. The van der Waals surface area contributed by atoms with E-state index in [4.69, 9.17) is 21.1 Å². The summed E-state index contributed by atoms with van der Waals surface area (Å²) in [5, 5.41) is 13.1. The van der Waals surface area contributed by atoms with Crippen molar-refractivity contribution in [2.75, 3.05) is 12.4 Å². The Balaban J connectivity index is 1.78. The van der Waals surface area contributed by atoms with E-state index in [0.717, 1.165) is 15.6 Å². The molecule has 29 heavy (non-hydrogen) atoms. The van der Waals surface area contributed by atoms with Gasteiger partial charge in [0.2, 0.25) is 0 Å². The van der Waals surface area contributed by atoms with E-state index in [0.29, 0.717) is 35.4 Å². The summed E-state index contributed by atoms with van der Waals surface area (Å²) in [6.45, 7) is 0.802. The van der Waals surface area contributed by atoms with Crippen molar-refractivity contribution in [1.29, 1.82) is 0 Å². The molecule has 0 atom stereocenters. The van der Waals surface area contributed by atoms with Crippen LogP contribution in [0.1, 0.15) is 21.5 Å². The Morgan fingerprint density at radius 2 is 1.90 bits per heavy atom. The third kappa shape index (κ3) is 5.65. The summed E-state index contributed by atoms with van der Waals surface area (Å²) in [6.07, 6.45) is 0. The summed E-state index contributed by atoms with van der Waals surface area (Å²) in [5.74, 6) is 0.282. The molecule has 3 aromatic carbocycles. The lowest BCUT2D eigenvalue weighted by Gasteiger charge is -2.15. The number of carbonyl (C=O) groups is 1. The highest BCUT2D eigenvalue weighted by atomic mass is 79.9. The molecule has 7 heteroatoms. The van der Waals surface area contributed by atoms with Crippen molar-refractivity contribution in [2.24, 2.45) is 0 Å². The third-order valence-electron chi connectivity index (χ3n) is 4.22. The molecule has 0 spiro atoms. The van der Waals surface area contributed by atoms with E-state index in [1.54, 1.807) is 19.2 Å². The van der Waals surface area contributed by atoms with Crippen LogP contribution in [0.25, 0.3) is 0 Å². The van der Waals surface area contributed by atoms with E-state index in [1.165, 1.54) is 6.07 Å². The van der Waals surface area contributed by atoms with Gasteiger partial charge in [-0.05, 0) is 54.1 Å². The number of ether oxygens (including phenoxy) is 2. The zero-order valence-electron chi connectivity index (χ0n) is 15.6. The first kappa shape index (κ1) is 21.0. The average Bonchev–Trinajstić information content (AvgIpc) is 2.71. The predicted molar refractivity (Wildman–Crippen MR) is 117 cm³/mol. The number of halogens is 2. The van der Waals surface area contributed by atoms with Crippen LogP contribution in [0.3, 0.4) is 0 Å². The molecule has 0 fully saturated rings. The minimum atomic E-state index is -0.997. The molecule has 0 saturated heterocycles. The standard InChI is InChI=1S/C22H19BrClNO4/c1-28-21-7-5-15(22(26)27)11-19(21)25-12-16-10-17(23)6-8-20(16)29-13-14-3-2-4-18(24)9-14/h2-11,25H,12-13H2,1H3,(H,26,27). The molecule has 0 saturated carbocycles. The molecular weight excluding hydrogens is 458 g/mol. The second-order valence-corrected chi connectivity index (χ2v) is 7.60. The molecule has 150 valence electrons. The van der Waals surface area contributed by atoms with Crippen LogP contribution in [0.15, 0.2) is 65.1 Å². The second-order valence-electron chi connectivity index (χ2n) is 6.24. The van der Waals surface area contributed by atoms with Gasteiger partial charge < -0.3 is 19.9 Å². The van der Waals surface area contributed by atoms with Crippen LogP contribution in [-0.2, 0) is 13.2 Å². The number of carboxylic acid groups (broad SMARTS) is 1. The van der Waals surface area contributed by atoms with Gasteiger partial charge in [0, 0.05) is 21.6 Å². The van der Waals surface area contributed by atoms with Gasteiger partial charge in [-0.15, -0.1) is 0 Å². The van der Waals surface area contributed by atoms with E-state index in [2.05, 4.69) is 21.2 Å². The maximum Gasteiger partial charge on any atom is 0.335 e. The molecule has 0 aliphatic carbocycles. The largest absolute Gasteiger partial charge is 0.495 e. The average molecular weight is 477 g/mol. The van der Waals surface area contributed by atoms with Crippen LogP contribution in [0, 0.1) is 0 Å². The first-order chi connectivity index (χ1) is 14.0. The summed E-state index contributed by atoms with van der Waals surface area (Å²) < 4.78 is 12.2. The van der Waals surface area contributed by atoms with Gasteiger partial charge in [0.15, 0.2) is 0 Å². The number of rotatable bonds is 8. The molecule has 0 aliphatic heterocycles. The number of anilines is 1.